The van der Waals surface area contributed by atoms with Gasteiger partial charge in [-0.05, 0) is 12.1 Å². The van der Waals surface area contributed by atoms with Gasteiger partial charge in [0.1, 0.15) is 5.56 Å². The largest absolute Gasteiger partial charge is 0.399 e. The number of likely N-dealkylation sites (N-methyl/N-ethyl adjacent to an activating group) is 1. The topological polar surface area (TPSA) is 119 Å². The molecule has 1 atom stereocenters. The number of nitrogens with zero attached hydrogens (tertiary/aromatic N) is 2. The number of amides is 1. The highest BCUT2D eigenvalue weighted by Crippen LogP contribution is 2.22. The molecule has 0 spiro atoms. The number of nitrogen functional groups attached to an aromatic ring is 1. The zero-order valence-corrected chi connectivity index (χ0v) is 11.3. The van der Waals surface area contributed by atoms with Gasteiger partial charge in [0.05, 0.1) is 17.6 Å². The molecule has 0 aliphatic rings. The molecule has 8 nitrogen and oxygen atoms in total. The molecule has 0 heterocycles. The third kappa shape index (κ3) is 3.90. The molecule has 0 saturated carbocycles. The molecule has 0 aliphatic heterocycles. The number of nitro benzene ring substituents is 1. The number of hydrogen-bond acceptors (Lipinski definition) is 6. The molecule has 1 rings (SSSR count). The Bertz CT molecular complexity index is 506. The second-order valence-corrected chi connectivity index (χ2v) is 4.33. The Kier molecular flexibility index (Phi) is 5.42. The monoisotopic (exact) mass is 283 g/mol. The van der Waals surface area contributed by atoms with Crippen molar-refractivity contribution in [2.45, 2.75) is 6.10 Å². The molecule has 0 saturated heterocycles. The molecular weight excluding hydrogens is 266 g/mol. The van der Waals surface area contributed by atoms with Gasteiger partial charge in [-0.1, -0.05) is 0 Å². The van der Waals surface area contributed by atoms with Crippen LogP contribution in [0.2, 0.25) is 0 Å². The molecule has 0 fully saturated rings. The van der Waals surface area contributed by atoms with Gasteiger partial charge in [-0.15, -0.1) is 0 Å². The Morgan fingerprint density at radius 2 is 2.25 bits per heavy atom. The highest BCUT2D eigenvalue weighted by Gasteiger charge is 2.24. The molecule has 1 aromatic rings. The average Bonchev–Trinajstić information content (AvgIpc) is 2.37. The van der Waals surface area contributed by atoms with E-state index in [4.69, 9.17) is 10.5 Å². The Labute approximate surface area is 115 Å². The fraction of sp³-hybridized carbons (Fsp3) is 0.417. The van der Waals surface area contributed by atoms with E-state index in [-0.39, 0.29) is 30.1 Å². The van der Waals surface area contributed by atoms with E-state index < -0.39 is 16.9 Å². The molecule has 0 aliphatic carbocycles. The summed E-state index contributed by atoms with van der Waals surface area (Å²) in [6.07, 6.45) is -0.867. The summed E-state index contributed by atoms with van der Waals surface area (Å²) < 4.78 is 4.75. The molecule has 3 N–H and O–H groups in total. The van der Waals surface area contributed by atoms with Crippen LogP contribution < -0.4 is 5.73 Å². The van der Waals surface area contributed by atoms with Crippen molar-refractivity contribution in [2.75, 3.05) is 33.0 Å². The summed E-state index contributed by atoms with van der Waals surface area (Å²) in [5.41, 5.74) is 5.38. The number of rotatable bonds is 6. The van der Waals surface area contributed by atoms with Crippen LogP contribution in [-0.2, 0) is 4.74 Å². The summed E-state index contributed by atoms with van der Waals surface area (Å²) in [6, 6.07) is 3.79. The van der Waals surface area contributed by atoms with Crippen LogP contribution in [0, 0.1) is 10.1 Å². The van der Waals surface area contributed by atoms with E-state index in [1.165, 1.54) is 37.3 Å². The van der Waals surface area contributed by atoms with E-state index in [0.717, 1.165) is 0 Å². The van der Waals surface area contributed by atoms with Crippen molar-refractivity contribution in [3.63, 3.8) is 0 Å². The first-order valence-electron chi connectivity index (χ1n) is 5.83. The van der Waals surface area contributed by atoms with Crippen LogP contribution in [0.25, 0.3) is 0 Å². The number of aliphatic hydroxyl groups excluding tert-OH is 1. The van der Waals surface area contributed by atoms with E-state index in [1.807, 2.05) is 0 Å². The van der Waals surface area contributed by atoms with Gasteiger partial charge < -0.3 is 20.5 Å². The SMILES string of the molecule is COCC(O)CN(C)C(=O)c1cc(N)ccc1[N+](=O)[O-]. The average molecular weight is 283 g/mol. The van der Waals surface area contributed by atoms with Crippen LogP contribution in [0.15, 0.2) is 18.2 Å². The van der Waals surface area contributed by atoms with Gasteiger partial charge in [0.25, 0.3) is 11.6 Å². The minimum absolute atomic E-state index is 0.00136. The standard InChI is InChI=1S/C12H17N3O5/c1-14(6-9(16)7-20-2)12(17)10-5-8(13)3-4-11(10)15(18)19/h3-5,9,16H,6-7,13H2,1-2H3. The van der Waals surface area contributed by atoms with Gasteiger partial charge in [0, 0.05) is 32.5 Å². The molecular formula is C12H17N3O5. The zero-order chi connectivity index (χ0) is 15.3. The predicted octanol–water partition coefficient (Wildman–Crippen LogP) is 0.256. The number of aliphatic hydroxyl groups is 1. The summed E-state index contributed by atoms with van der Waals surface area (Å²) in [5, 5.41) is 20.5. The fourth-order valence-electron chi connectivity index (χ4n) is 1.73. The van der Waals surface area contributed by atoms with E-state index in [1.54, 1.807) is 0 Å². The highest BCUT2D eigenvalue weighted by atomic mass is 16.6. The van der Waals surface area contributed by atoms with Crippen molar-refractivity contribution >= 4 is 17.3 Å². The third-order valence-corrected chi connectivity index (χ3v) is 2.64. The molecule has 1 unspecified atom stereocenters. The van der Waals surface area contributed by atoms with Gasteiger partial charge in [-0.25, -0.2) is 0 Å². The summed E-state index contributed by atoms with van der Waals surface area (Å²) in [7, 11) is 2.86. The maximum Gasteiger partial charge on any atom is 0.282 e. The molecule has 8 heteroatoms. The van der Waals surface area contributed by atoms with E-state index in [9.17, 15) is 20.0 Å². The molecule has 1 aromatic carbocycles. The van der Waals surface area contributed by atoms with Gasteiger partial charge >= 0.3 is 0 Å². The summed E-state index contributed by atoms with van der Waals surface area (Å²) in [6.45, 7) is 0.0648. The van der Waals surface area contributed by atoms with Crippen LogP contribution in [-0.4, -0.2) is 54.3 Å². The normalized spacial score (nSPS) is 11.9. The molecule has 0 aromatic heterocycles. The number of hydrogen-bond donors (Lipinski definition) is 2. The maximum absolute atomic E-state index is 12.2. The second-order valence-electron chi connectivity index (χ2n) is 4.33. The van der Waals surface area contributed by atoms with Crippen molar-refractivity contribution in [1.29, 1.82) is 0 Å². The molecule has 20 heavy (non-hydrogen) atoms. The van der Waals surface area contributed by atoms with Crippen molar-refractivity contribution < 1.29 is 19.6 Å². The molecule has 110 valence electrons. The quantitative estimate of drug-likeness (QED) is 0.439. The Morgan fingerprint density at radius 1 is 1.60 bits per heavy atom. The van der Waals surface area contributed by atoms with Gasteiger partial charge in [0.2, 0.25) is 0 Å². The lowest BCUT2D eigenvalue weighted by Gasteiger charge is -2.20. The first-order valence-corrected chi connectivity index (χ1v) is 5.83. The van der Waals surface area contributed by atoms with Crippen LogP contribution in [0.4, 0.5) is 11.4 Å². The van der Waals surface area contributed by atoms with Crippen molar-refractivity contribution in [3.05, 3.63) is 33.9 Å². The minimum Gasteiger partial charge on any atom is -0.399 e. The molecule has 1 amide bonds. The van der Waals surface area contributed by atoms with Gasteiger partial charge in [0.15, 0.2) is 0 Å². The lowest BCUT2D eigenvalue weighted by molar-refractivity contribution is -0.385. The number of ether oxygens (including phenoxy) is 1. The number of carbonyl (C=O) groups is 1. The molecule has 0 bridgehead atoms. The van der Waals surface area contributed by atoms with Crippen LogP contribution >= 0.6 is 0 Å². The first kappa shape index (κ1) is 15.9. The van der Waals surface area contributed by atoms with Crippen molar-refractivity contribution in [1.82, 2.24) is 4.90 Å². The predicted molar refractivity (Wildman–Crippen MR) is 72.4 cm³/mol. The van der Waals surface area contributed by atoms with Gasteiger partial charge in [-0.2, -0.15) is 0 Å². The van der Waals surface area contributed by atoms with E-state index in [2.05, 4.69) is 0 Å². The maximum atomic E-state index is 12.2. The number of nitrogens with two attached hydrogens (primary N) is 1. The Morgan fingerprint density at radius 3 is 2.80 bits per heavy atom. The number of benzene rings is 1. The van der Waals surface area contributed by atoms with Crippen LogP contribution in [0.1, 0.15) is 10.4 Å². The molecule has 0 radical (unpaired) electrons. The Hall–Kier alpha value is -2.19. The number of carbonyl (C=O) groups excluding carboxylic acids is 1. The minimum atomic E-state index is -0.867. The zero-order valence-electron chi connectivity index (χ0n) is 11.3. The number of anilines is 1. The van der Waals surface area contributed by atoms with Crippen LogP contribution in [0.5, 0.6) is 0 Å². The van der Waals surface area contributed by atoms with Crippen molar-refractivity contribution in [2.24, 2.45) is 0 Å². The first-order chi connectivity index (χ1) is 9.36. The van der Waals surface area contributed by atoms with E-state index in [0.29, 0.717) is 0 Å². The summed E-state index contributed by atoms with van der Waals surface area (Å²) >= 11 is 0. The van der Waals surface area contributed by atoms with Gasteiger partial charge in [-0.3, -0.25) is 14.9 Å². The Balaban J connectivity index is 2.96. The lowest BCUT2D eigenvalue weighted by atomic mass is 10.1. The fourth-order valence-corrected chi connectivity index (χ4v) is 1.73. The summed E-state index contributed by atoms with van der Waals surface area (Å²) in [5.74, 6) is -0.584. The lowest BCUT2D eigenvalue weighted by Crippen LogP contribution is -2.36. The van der Waals surface area contributed by atoms with Crippen LogP contribution in [0.3, 0.4) is 0 Å². The van der Waals surface area contributed by atoms with Crippen molar-refractivity contribution in [3.8, 4) is 0 Å². The smallest absolute Gasteiger partial charge is 0.282 e. The second kappa shape index (κ2) is 6.83. The number of nitro groups is 1. The third-order valence-electron chi connectivity index (χ3n) is 2.64. The van der Waals surface area contributed by atoms with E-state index >= 15 is 0 Å². The highest BCUT2D eigenvalue weighted by molar-refractivity contribution is 5.98. The summed E-state index contributed by atoms with van der Waals surface area (Å²) in [4.78, 5) is 23.6. The number of methoxy groups -OCH3 is 1.